The first-order chi connectivity index (χ1) is 11.0. The first kappa shape index (κ1) is 15.2. The number of carbonyl (C=O) groups excluding carboxylic acids is 2. The molecule has 0 unspecified atom stereocenters. The predicted octanol–water partition coefficient (Wildman–Crippen LogP) is 3.22. The topological polar surface area (TPSA) is 98.5 Å². The standard InChI is InChI=1S/C15H12N2O5S/c18-14(9-1-2-9)16-13-8-7-12(23-13)15(19)22-11-5-3-10(4-6-11)17(20)21/h3-9H,1-2H2,(H,16,18). The van der Waals surface area contributed by atoms with Crippen LogP contribution in [0.4, 0.5) is 10.7 Å². The monoisotopic (exact) mass is 332 g/mol. The molecule has 3 rings (SSSR count). The SMILES string of the molecule is O=C(Oc1ccc([N+](=O)[O-])cc1)c1ccc(NC(=O)C2CC2)s1. The number of hydrogen-bond donors (Lipinski definition) is 1. The number of nitrogens with zero attached hydrogens (tertiary/aromatic N) is 1. The smallest absolute Gasteiger partial charge is 0.353 e. The molecule has 1 aromatic carbocycles. The summed E-state index contributed by atoms with van der Waals surface area (Å²) < 4.78 is 5.15. The maximum Gasteiger partial charge on any atom is 0.353 e. The summed E-state index contributed by atoms with van der Waals surface area (Å²) in [5.41, 5.74) is -0.0778. The van der Waals surface area contributed by atoms with Gasteiger partial charge in [-0.15, -0.1) is 11.3 Å². The number of non-ortho nitro benzene ring substituents is 1. The van der Waals surface area contributed by atoms with Crippen molar-refractivity contribution in [2.75, 3.05) is 5.32 Å². The van der Waals surface area contributed by atoms with Gasteiger partial charge in [0.1, 0.15) is 10.6 Å². The third-order valence-electron chi connectivity index (χ3n) is 3.26. The molecule has 1 N–H and O–H groups in total. The number of thiophene rings is 1. The number of esters is 1. The van der Waals surface area contributed by atoms with Crippen LogP contribution >= 0.6 is 11.3 Å². The zero-order valence-corrected chi connectivity index (χ0v) is 12.7. The van der Waals surface area contributed by atoms with Crippen molar-refractivity contribution in [3.05, 3.63) is 51.4 Å². The van der Waals surface area contributed by atoms with Gasteiger partial charge in [-0.05, 0) is 37.1 Å². The van der Waals surface area contributed by atoms with Gasteiger partial charge in [-0.1, -0.05) is 0 Å². The second-order valence-corrected chi connectivity index (χ2v) is 6.15. The number of anilines is 1. The van der Waals surface area contributed by atoms with Crippen molar-refractivity contribution >= 4 is 33.9 Å². The highest BCUT2D eigenvalue weighted by Gasteiger charge is 2.30. The predicted molar refractivity (Wildman–Crippen MR) is 83.7 cm³/mol. The summed E-state index contributed by atoms with van der Waals surface area (Å²) >= 11 is 1.13. The quantitative estimate of drug-likeness (QED) is 0.392. The number of nitro benzene ring substituents is 1. The molecule has 1 aromatic heterocycles. The van der Waals surface area contributed by atoms with E-state index in [1.54, 1.807) is 12.1 Å². The van der Waals surface area contributed by atoms with E-state index in [4.69, 9.17) is 4.74 Å². The van der Waals surface area contributed by atoms with E-state index in [0.29, 0.717) is 9.88 Å². The van der Waals surface area contributed by atoms with Crippen molar-refractivity contribution in [2.45, 2.75) is 12.8 Å². The number of rotatable bonds is 5. The molecule has 2 aromatic rings. The summed E-state index contributed by atoms with van der Waals surface area (Å²) in [5.74, 6) is -0.289. The summed E-state index contributed by atoms with van der Waals surface area (Å²) in [6, 6.07) is 8.47. The molecule has 1 fully saturated rings. The van der Waals surface area contributed by atoms with Crippen LogP contribution in [0.3, 0.4) is 0 Å². The number of carbonyl (C=O) groups is 2. The molecule has 23 heavy (non-hydrogen) atoms. The molecule has 0 saturated heterocycles. The number of ether oxygens (including phenoxy) is 1. The zero-order valence-electron chi connectivity index (χ0n) is 11.9. The van der Waals surface area contributed by atoms with Crippen molar-refractivity contribution in [2.24, 2.45) is 5.92 Å². The number of nitrogens with one attached hydrogen (secondary N) is 1. The van der Waals surface area contributed by atoms with E-state index in [1.165, 1.54) is 24.3 Å². The Hall–Kier alpha value is -2.74. The molecule has 0 radical (unpaired) electrons. The molecule has 1 amide bonds. The molecule has 8 heteroatoms. The Morgan fingerprint density at radius 2 is 1.87 bits per heavy atom. The number of nitro groups is 1. The lowest BCUT2D eigenvalue weighted by atomic mass is 10.3. The van der Waals surface area contributed by atoms with Crippen LogP contribution < -0.4 is 10.1 Å². The third kappa shape index (κ3) is 3.72. The fourth-order valence-electron chi connectivity index (χ4n) is 1.88. The molecular formula is C15H12N2O5S. The van der Waals surface area contributed by atoms with Crippen LogP contribution in [0.15, 0.2) is 36.4 Å². The molecule has 1 aliphatic rings. The maximum absolute atomic E-state index is 12.0. The van der Waals surface area contributed by atoms with Crippen LogP contribution in [0, 0.1) is 16.0 Å². The third-order valence-corrected chi connectivity index (χ3v) is 4.24. The van der Waals surface area contributed by atoms with E-state index in [9.17, 15) is 19.7 Å². The minimum Gasteiger partial charge on any atom is -0.422 e. The maximum atomic E-state index is 12.0. The lowest BCUT2D eigenvalue weighted by Crippen LogP contribution is -2.12. The molecule has 1 saturated carbocycles. The summed E-state index contributed by atoms with van der Waals surface area (Å²) in [5, 5.41) is 13.9. The highest BCUT2D eigenvalue weighted by Crippen LogP contribution is 2.32. The van der Waals surface area contributed by atoms with E-state index in [1.807, 2.05) is 0 Å². The second-order valence-electron chi connectivity index (χ2n) is 5.07. The van der Waals surface area contributed by atoms with E-state index >= 15 is 0 Å². The average molecular weight is 332 g/mol. The molecule has 1 heterocycles. The van der Waals surface area contributed by atoms with Crippen LogP contribution in [0.5, 0.6) is 5.75 Å². The van der Waals surface area contributed by atoms with Gasteiger partial charge in [0.15, 0.2) is 0 Å². The Morgan fingerprint density at radius 1 is 1.17 bits per heavy atom. The number of hydrogen-bond acceptors (Lipinski definition) is 6. The number of amides is 1. The molecular weight excluding hydrogens is 320 g/mol. The van der Waals surface area contributed by atoms with Gasteiger partial charge in [-0.25, -0.2) is 4.79 Å². The second kappa shape index (κ2) is 6.17. The van der Waals surface area contributed by atoms with Crippen LogP contribution in [0.1, 0.15) is 22.5 Å². The Labute approximate surface area is 135 Å². The Bertz CT molecular complexity index is 764. The van der Waals surface area contributed by atoms with Crippen molar-refractivity contribution in [3.8, 4) is 5.75 Å². The van der Waals surface area contributed by atoms with Crippen molar-refractivity contribution in [1.82, 2.24) is 0 Å². The van der Waals surface area contributed by atoms with Gasteiger partial charge < -0.3 is 10.1 Å². The van der Waals surface area contributed by atoms with Gasteiger partial charge in [0.2, 0.25) is 5.91 Å². The fourth-order valence-corrected chi connectivity index (χ4v) is 2.66. The highest BCUT2D eigenvalue weighted by molar-refractivity contribution is 7.18. The zero-order chi connectivity index (χ0) is 16.4. The van der Waals surface area contributed by atoms with Crippen LogP contribution in [0.25, 0.3) is 0 Å². The van der Waals surface area contributed by atoms with E-state index in [2.05, 4.69) is 5.32 Å². The Kier molecular flexibility index (Phi) is 4.07. The lowest BCUT2D eigenvalue weighted by Gasteiger charge is -2.02. The van der Waals surface area contributed by atoms with Crippen molar-refractivity contribution in [1.29, 1.82) is 0 Å². The minimum atomic E-state index is -0.573. The summed E-state index contributed by atoms with van der Waals surface area (Å²) in [6.07, 6.45) is 1.82. The highest BCUT2D eigenvalue weighted by atomic mass is 32.1. The Morgan fingerprint density at radius 3 is 2.48 bits per heavy atom. The van der Waals surface area contributed by atoms with Gasteiger partial charge in [0, 0.05) is 18.1 Å². The molecule has 0 atom stereocenters. The molecule has 0 bridgehead atoms. The Balaban J connectivity index is 1.62. The molecule has 118 valence electrons. The molecule has 0 spiro atoms. The average Bonchev–Trinajstić information content (AvgIpc) is 3.28. The summed E-state index contributed by atoms with van der Waals surface area (Å²) in [4.78, 5) is 34.1. The van der Waals surface area contributed by atoms with E-state index < -0.39 is 10.9 Å². The normalized spacial score (nSPS) is 13.4. The summed E-state index contributed by atoms with van der Waals surface area (Å²) in [7, 11) is 0. The first-order valence-electron chi connectivity index (χ1n) is 6.90. The summed E-state index contributed by atoms with van der Waals surface area (Å²) in [6.45, 7) is 0. The van der Waals surface area contributed by atoms with Crippen molar-refractivity contribution in [3.63, 3.8) is 0 Å². The van der Waals surface area contributed by atoms with Crippen LogP contribution in [0.2, 0.25) is 0 Å². The fraction of sp³-hybridized carbons (Fsp3) is 0.200. The van der Waals surface area contributed by atoms with Gasteiger partial charge in [0.05, 0.1) is 9.92 Å². The van der Waals surface area contributed by atoms with E-state index in [-0.39, 0.29) is 23.3 Å². The van der Waals surface area contributed by atoms with Gasteiger partial charge in [-0.3, -0.25) is 14.9 Å². The molecule has 0 aliphatic heterocycles. The lowest BCUT2D eigenvalue weighted by molar-refractivity contribution is -0.384. The molecule has 7 nitrogen and oxygen atoms in total. The van der Waals surface area contributed by atoms with Crippen LogP contribution in [-0.4, -0.2) is 16.8 Å². The largest absolute Gasteiger partial charge is 0.422 e. The number of benzene rings is 1. The van der Waals surface area contributed by atoms with Gasteiger partial charge >= 0.3 is 5.97 Å². The first-order valence-corrected chi connectivity index (χ1v) is 7.72. The molecule has 1 aliphatic carbocycles. The van der Waals surface area contributed by atoms with Gasteiger partial charge in [-0.2, -0.15) is 0 Å². The van der Waals surface area contributed by atoms with Gasteiger partial charge in [0.25, 0.3) is 5.69 Å². The van der Waals surface area contributed by atoms with E-state index in [0.717, 1.165) is 24.2 Å². The minimum absolute atomic E-state index is 0.0258. The van der Waals surface area contributed by atoms with Crippen molar-refractivity contribution < 1.29 is 19.2 Å². The van der Waals surface area contributed by atoms with Crippen LogP contribution in [-0.2, 0) is 4.79 Å².